The van der Waals surface area contributed by atoms with Crippen LogP contribution in [0.2, 0.25) is 0 Å². The van der Waals surface area contributed by atoms with E-state index < -0.39 is 10.8 Å². The number of carbonyl (C=O) groups is 1. The number of nitrogens with one attached hydrogen (secondary N) is 1. The predicted molar refractivity (Wildman–Crippen MR) is 76.6 cm³/mol. The highest BCUT2D eigenvalue weighted by Crippen LogP contribution is 2.18. The minimum absolute atomic E-state index is 0.195. The Kier molecular flexibility index (Phi) is 4.36. The van der Waals surface area contributed by atoms with Crippen molar-refractivity contribution in [3.05, 3.63) is 38.4 Å². The lowest BCUT2D eigenvalue weighted by Gasteiger charge is -2.06. The zero-order valence-electron chi connectivity index (χ0n) is 11.4. The Balaban J connectivity index is 2.15. The minimum atomic E-state index is -0.631. The summed E-state index contributed by atoms with van der Waals surface area (Å²) in [6.45, 7) is 2.77. The fourth-order valence-electron chi connectivity index (χ4n) is 1.86. The maximum atomic E-state index is 12.1. The first-order valence-corrected chi connectivity index (χ1v) is 6.89. The molecule has 0 aliphatic carbocycles. The van der Waals surface area contributed by atoms with Gasteiger partial charge in [-0.1, -0.05) is 0 Å². The molecular weight excluding hydrogens is 344 g/mol. The number of hydrogen-bond donors (Lipinski definition) is 1. The molecule has 2 aromatic rings. The van der Waals surface area contributed by atoms with Gasteiger partial charge in [0.25, 0.3) is 5.91 Å². The van der Waals surface area contributed by atoms with Gasteiger partial charge in [-0.05, 0) is 22.9 Å². The minimum Gasteiger partial charge on any atom is -0.345 e. The van der Waals surface area contributed by atoms with Gasteiger partial charge in [0.1, 0.15) is 6.20 Å². The SMILES string of the molecule is CCn1ncc(Br)c1CNC(=O)c1nn(C)cc1[N+](=O)[O-]. The lowest BCUT2D eigenvalue weighted by molar-refractivity contribution is -0.385. The lowest BCUT2D eigenvalue weighted by Crippen LogP contribution is -2.25. The summed E-state index contributed by atoms with van der Waals surface area (Å²) in [5.74, 6) is -0.599. The van der Waals surface area contributed by atoms with Crippen molar-refractivity contribution in [2.75, 3.05) is 0 Å². The third-order valence-corrected chi connectivity index (χ3v) is 3.50. The van der Waals surface area contributed by atoms with Crippen LogP contribution in [0.4, 0.5) is 5.69 Å². The molecule has 10 heteroatoms. The average molecular weight is 357 g/mol. The molecule has 9 nitrogen and oxygen atoms in total. The van der Waals surface area contributed by atoms with Crippen molar-refractivity contribution >= 4 is 27.5 Å². The summed E-state index contributed by atoms with van der Waals surface area (Å²) in [7, 11) is 1.52. The number of nitrogens with zero attached hydrogens (tertiary/aromatic N) is 5. The van der Waals surface area contributed by atoms with E-state index in [-0.39, 0.29) is 17.9 Å². The molecule has 0 saturated heterocycles. The highest BCUT2D eigenvalue weighted by atomic mass is 79.9. The summed E-state index contributed by atoms with van der Waals surface area (Å²) in [5, 5.41) is 21.4. The van der Waals surface area contributed by atoms with Crippen LogP contribution in [0.15, 0.2) is 16.9 Å². The van der Waals surface area contributed by atoms with E-state index in [2.05, 4.69) is 31.4 Å². The van der Waals surface area contributed by atoms with Crippen molar-refractivity contribution in [2.24, 2.45) is 7.05 Å². The van der Waals surface area contributed by atoms with Crippen molar-refractivity contribution < 1.29 is 9.72 Å². The molecule has 0 unspecified atom stereocenters. The molecular formula is C11H13BrN6O3. The van der Waals surface area contributed by atoms with Gasteiger partial charge < -0.3 is 5.32 Å². The van der Waals surface area contributed by atoms with E-state index in [4.69, 9.17) is 0 Å². The van der Waals surface area contributed by atoms with Gasteiger partial charge in [-0.15, -0.1) is 0 Å². The molecule has 0 fully saturated rings. The van der Waals surface area contributed by atoms with Crippen LogP contribution in [-0.2, 0) is 20.1 Å². The van der Waals surface area contributed by atoms with Crippen LogP contribution in [0.3, 0.4) is 0 Å². The van der Waals surface area contributed by atoms with Crippen LogP contribution >= 0.6 is 15.9 Å². The van der Waals surface area contributed by atoms with Gasteiger partial charge >= 0.3 is 5.69 Å². The topological polar surface area (TPSA) is 108 Å². The molecule has 0 aromatic carbocycles. The Morgan fingerprint density at radius 1 is 1.57 bits per heavy atom. The average Bonchev–Trinajstić information content (AvgIpc) is 2.99. The number of halogens is 1. The van der Waals surface area contributed by atoms with Crippen LogP contribution in [0.25, 0.3) is 0 Å². The third kappa shape index (κ3) is 3.10. The molecule has 0 bridgehead atoms. The summed E-state index contributed by atoms with van der Waals surface area (Å²) in [5.41, 5.74) is 0.253. The first kappa shape index (κ1) is 15.2. The maximum Gasteiger partial charge on any atom is 0.320 e. The number of carbonyl (C=O) groups excluding carboxylic acids is 1. The van der Waals surface area contributed by atoms with Crippen molar-refractivity contribution in [1.82, 2.24) is 24.9 Å². The summed E-state index contributed by atoms with van der Waals surface area (Å²) in [4.78, 5) is 22.3. The molecule has 0 aliphatic rings. The molecule has 1 amide bonds. The van der Waals surface area contributed by atoms with E-state index in [1.807, 2.05) is 6.92 Å². The molecule has 0 radical (unpaired) electrons. The van der Waals surface area contributed by atoms with Gasteiger partial charge in [-0.2, -0.15) is 10.2 Å². The zero-order chi connectivity index (χ0) is 15.6. The number of aryl methyl sites for hydroxylation is 2. The Morgan fingerprint density at radius 3 is 2.90 bits per heavy atom. The highest BCUT2D eigenvalue weighted by Gasteiger charge is 2.25. The molecule has 1 N–H and O–H groups in total. The normalized spacial score (nSPS) is 10.6. The summed E-state index contributed by atoms with van der Waals surface area (Å²) < 4.78 is 3.72. The monoisotopic (exact) mass is 356 g/mol. The lowest BCUT2D eigenvalue weighted by atomic mass is 10.3. The van der Waals surface area contributed by atoms with Crippen LogP contribution in [0, 0.1) is 10.1 Å². The van der Waals surface area contributed by atoms with Gasteiger partial charge in [-0.3, -0.25) is 24.3 Å². The van der Waals surface area contributed by atoms with Gasteiger partial charge in [-0.25, -0.2) is 0 Å². The number of hydrogen-bond acceptors (Lipinski definition) is 5. The first-order valence-electron chi connectivity index (χ1n) is 6.10. The van der Waals surface area contributed by atoms with E-state index in [1.54, 1.807) is 10.9 Å². The number of aromatic nitrogens is 4. The van der Waals surface area contributed by atoms with Crippen molar-refractivity contribution in [2.45, 2.75) is 20.0 Å². The van der Waals surface area contributed by atoms with Gasteiger partial charge in [0.05, 0.1) is 27.8 Å². The smallest absolute Gasteiger partial charge is 0.320 e. The molecule has 2 aromatic heterocycles. The van der Waals surface area contributed by atoms with Crippen molar-refractivity contribution in [3.63, 3.8) is 0 Å². The standard InChI is InChI=1S/C11H13BrN6O3/c1-3-17-8(7(12)4-14-17)5-13-11(19)10-9(18(20)21)6-16(2)15-10/h4,6H,3,5H2,1-2H3,(H,13,19). The van der Waals surface area contributed by atoms with E-state index in [0.717, 1.165) is 10.2 Å². The molecule has 0 aliphatic heterocycles. The number of rotatable bonds is 5. The maximum absolute atomic E-state index is 12.1. The molecule has 2 heterocycles. The second kappa shape index (κ2) is 6.04. The van der Waals surface area contributed by atoms with E-state index in [9.17, 15) is 14.9 Å². The van der Waals surface area contributed by atoms with Gasteiger partial charge in [0, 0.05) is 13.6 Å². The van der Waals surface area contributed by atoms with E-state index in [1.165, 1.54) is 17.9 Å². The van der Waals surface area contributed by atoms with Crippen LogP contribution in [0.5, 0.6) is 0 Å². The second-order valence-electron chi connectivity index (χ2n) is 4.23. The van der Waals surface area contributed by atoms with Crippen molar-refractivity contribution in [3.8, 4) is 0 Å². The Labute approximate surface area is 128 Å². The molecule has 2 rings (SSSR count). The van der Waals surface area contributed by atoms with Crippen LogP contribution in [0.1, 0.15) is 23.1 Å². The summed E-state index contributed by atoms with van der Waals surface area (Å²) in [6.07, 6.45) is 2.83. The van der Waals surface area contributed by atoms with E-state index in [0.29, 0.717) is 6.54 Å². The second-order valence-corrected chi connectivity index (χ2v) is 5.09. The number of amides is 1. The quantitative estimate of drug-likeness (QED) is 0.640. The molecule has 21 heavy (non-hydrogen) atoms. The molecule has 0 atom stereocenters. The van der Waals surface area contributed by atoms with Gasteiger partial charge in [0.15, 0.2) is 0 Å². The molecule has 0 saturated carbocycles. The fourth-order valence-corrected chi connectivity index (χ4v) is 2.29. The van der Waals surface area contributed by atoms with Gasteiger partial charge in [0.2, 0.25) is 5.69 Å². The summed E-state index contributed by atoms with van der Waals surface area (Å²) >= 11 is 3.34. The Bertz CT molecular complexity index is 692. The largest absolute Gasteiger partial charge is 0.345 e. The molecule has 0 spiro atoms. The predicted octanol–water partition coefficient (Wildman–Crippen LogP) is 1.24. The van der Waals surface area contributed by atoms with E-state index >= 15 is 0 Å². The van der Waals surface area contributed by atoms with Crippen molar-refractivity contribution in [1.29, 1.82) is 0 Å². The van der Waals surface area contributed by atoms with Crippen LogP contribution < -0.4 is 5.32 Å². The fraction of sp³-hybridized carbons (Fsp3) is 0.364. The molecule has 112 valence electrons. The first-order chi connectivity index (χ1) is 9.93. The summed E-state index contributed by atoms with van der Waals surface area (Å²) in [6, 6.07) is 0. The Morgan fingerprint density at radius 2 is 2.29 bits per heavy atom. The Hall–Kier alpha value is -2.23. The van der Waals surface area contributed by atoms with Crippen LogP contribution in [-0.4, -0.2) is 30.4 Å². The zero-order valence-corrected chi connectivity index (χ0v) is 13.0. The third-order valence-electron chi connectivity index (χ3n) is 2.83. The number of nitro groups is 1. The highest BCUT2D eigenvalue weighted by molar-refractivity contribution is 9.10.